The van der Waals surface area contributed by atoms with E-state index in [1.165, 1.54) is 0 Å². The lowest BCUT2D eigenvalue weighted by Crippen LogP contribution is -1.88. The molecular formula is C12H10NO. The molecule has 0 unspecified atom stereocenters. The summed E-state index contributed by atoms with van der Waals surface area (Å²) in [5.41, 5.74) is 1.10. The van der Waals surface area contributed by atoms with Crippen LogP contribution in [0.25, 0.3) is 0 Å². The van der Waals surface area contributed by atoms with Crippen molar-refractivity contribution in [3.63, 3.8) is 0 Å². The number of benzene rings is 1. The van der Waals surface area contributed by atoms with Crippen LogP contribution < -0.4 is 4.74 Å². The highest BCUT2D eigenvalue weighted by molar-refractivity contribution is 5.34. The summed E-state index contributed by atoms with van der Waals surface area (Å²) in [4.78, 5) is 4.04. The Kier molecular flexibility index (Phi) is 2.45. The maximum absolute atomic E-state index is 5.58. The molecule has 0 aliphatic rings. The van der Waals surface area contributed by atoms with Crippen molar-refractivity contribution in [3.05, 3.63) is 54.2 Å². The number of aromatic nitrogens is 1. The van der Waals surface area contributed by atoms with Gasteiger partial charge in [-0.25, -0.2) is 4.98 Å². The van der Waals surface area contributed by atoms with Gasteiger partial charge in [0.05, 0.1) is 0 Å². The Balaban J connectivity index is 2.24. The molecule has 0 saturated heterocycles. The van der Waals surface area contributed by atoms with E-state index in [1.807, 2.05) is 31.2 Å². The number of pyridine rings is 1. The van der Waals surface area contributed by atoms with Crippen molar-refractivity contribution >= 4 is 0 Å². The fourth-order valence-electron chi connectivity index (χ4n) is 1.15. The third kappa shape index (κ3) is 1.91. The summed E-state index contributed by atoms with van der Waals surface area (Å²) in [6.45, 7) is 2.00. The van der Waals surface area contributed by atoms with Gasteiger partial charge in [-0.1, -0.05) is 18.2 Å². The monoisotopic (exact) mass is 184 g/mol. The number of ether oxygens (including phenoxy) is 1. The summed E-state index contributed by atoms with van der Waals surface area (Å²) in [6, 6.07) is 14.3. The van der Waals surface area contributed by atoms with Gasteiger partial charge in [0.15, 0.2) is 0 Å². The second kappa shape index (κ2) is 3.92. The summed E-state index contributed by atoms with van der Waals surface area (Å²) in [6.07, 6.45) is 1.59. The average molecular weight is 184 g/mol. The van der Waals surface area contributed by atoms with E-state index in [4.69, 9.17) is 4.74 Å². The molecule has 0 saturated carbocycles. The molecular weight excluding hydrogens is 174 g/mol. The lowest BCUT2D eigenvalue weighted by molar-refractivity contribution is 0.459. The summed E-state index contributed by atoms with van der Waals surface area (Å²) < 4.78 is 5.58. The van der Waals surface area contributed by atoms with Gasteiger partial charge in [-0.05, 0) is 24.6 Å². The number of hydrogen-bond acceptors (Lipinski definition) is 2. The number of hydrogen-bond donors (Lipinski definition) is 0. The zero-order valence-corrected chi connectivity index (χ0v) is 7.90. The van der Waals surface area contributed by atoms with Crippen LogP contribution in [0, 0.1) is 13.0 Å². The predicted octanol–water partition coefficient (Wildman–Crippen LogP) is 2.98. The topological polar surface area (TPSA) is 22.1 Å². The Morgan fingerprint density at radius 3 is 2.79 bits per heavy atom. The van der Waals surface area contributed by atoms with Gasteiger partial charge in [-0.3, -0.25) is 0 Å². The Morgan fingerprint density at radius 1 is 1.21 bits per heavy atom. The highest BCUT2D eigenvalue weighted by atomic mass is 16.5. The molecule has 1 radical (unpaired) electrons. The number of para-hydroxylation sites is 1. The van der Waals surface area contributed by atoms with Gasteiger partial charge >= 0.3 is 0 Å². The third-order valence-corrected chi connectivity index (χ3v) is 1.90. The van der Waals surface area contributed by atoms with Crippen molar-refractivity contribution in [1.29, 1.82) is 0 Å². The van der Waals surface area contributed by atoms with Gasteiger partial charge < -0.3 is 4.74 Å². The summed E-state index contributed by atoms with van der Waals surface area (Å²) in [5.74, 6) is 1.43. The van der Waals surface area contributed by atoms with Crippen molar-refractivity contribution < 1.29 is 4.74 Å². The van der Waals surface area contributed by atoms with E-state index in [-0.39, 0.29) is 0 Å². The second-order valence-electron chi connectivity index (χ2n) is 2.96. The number of aryl methyl sites for hydroxylation is 1. The smallest absolute Gasteiger partial charge is 0.219 e. The van der Waals surface area contributed by atoms with E-state index in [2.05, 4.69) is 11.1 Å². The minimum Gasteiger partial charge on any atom is -0.439 e. The molecule has 69 valence electrons. The van der Waals surface area contributed by atoms with E-state index in [0.29, 0.717) is 5.88 Å². The van der Waals surface area contributed by atoms with Crippen LogP contribution in [-0.4, -0.2) is 4.98 Å². The molecule has 0 N–H and O–H groups in total. The van der Waals surface area contributed by atoms with Gasteiger partial charge in [0, 0.05) is 18.3 Å². The summed E-state index contributed by atoms with van der Waals surface area (Å²) in [7, 11) is 0. The first-order valence-corrected chi connectivity index (χ1v) is 4.42. The molecule has 1 aromatic heterocycles. The van der Waals surface area contributed by atoms with Crippen molar-refractivity contribution in [3.8, 4) is 11.6 Å². The molecule has 0 spiro atoms. The molecule has 2 nitrogen and oxygen atoms in total. The van der Waals surface area contributed by atoms with Crippen LogP contribution in [-0.2, 0) is 0 Å². The molecule has 2 aromatic rings. The Bertz CT molecular complexity index is 412. The Labute approximate surface area is 83.2 Å². The fraction of sp³-hybridized carbons (Fsp3) is 0.0833. The highest BCUT2D eigenvalue weighted by Crippen LogP contribution is 2.21. The van der Waals surface area contributed by atoms with Crippen LogP contribution in [0.5, 0.6) is 11.6 Å². The van der Waals surface area contributed by atoms with Crippen LogP contribution >= 0.6 is 0 Å². The number of nitrogens with zero attached hydrogens (tertiary/aromatic N) is 1. The van der Waals surface area contributed by atoms with Crippen molar-refractivity contribution in [2.24, 2.45) is 0 Å². The van der Waals surface area contributed by atoms with E-state index < -0.39 is 0 Å². The zero-order valence-electron chi connectivity index (χ0n) is 7.90. The minimum absolute atomic E-state index is 0.595. The van der Waals surface area contributed by atoms with Crippen LogP contribution in [0.3, 0.4) is 0 Å². The molecule has 1 aromatic carbocycles. The minimum atomic E-state index is 0.595. The van der Waals surface area contributed by atoms with Crippen molar-refractivity contribution in [1.82, 2.24) is 4.98 Å². The normalized spacial score (nSPS) is 9.79. The molecule has 0 fully saturated rings. The summed E-state index contributed by atoms with van der Waals surface area (Å²) in [5, 5.41) is 0. The first kappa shape index (κ1) is 8.75. The van der Waals surface area contributed by atoms with E-state index in [1.54, 1.807) is 18.3 Å². The summed E-state index contributed by atoms with van der Waals surface area (Å²) >= 11 is 0. The zero-order chi connectivity index (χ0) is 9.80. The Hall–Kier alpha value is -1.83. The number of rotatable bonds is 2. The first-order chi connectivity index (χ1) is 6.86. The van der Waals surface area contributed by atoms with Gasteiger partial charge in [0.1, 0.15) is 5.75 Å². The van der Waals surface area contributed by atoms with E-state index >= 15 is 0 Å². The Morgan fingerprint density at radius 2 is 2.07 bits per heavy atom. The van der Waals surface area contributed by atoms with Gasteiger partial charge in [-0.2, -0.15) is 0 Å². The molecule has 2 rings (SSSR count). The van der Waals surface area contributed by atoms with E-state index in [0.717, 1.165) is 11.3 Å². The lowest BCUT2D eigenvalue weighted by atomic mass is 10.2. The predicted molar refractivity (Wildman–Crippen MR) is 54.3 cm³/mol. The molecule has 0 aliphatic carbocycles. The maximum Gasteiger partial charge on any atom is 0.219 e. The molecule has 0 amide bonds. The second-order valence-corrected chi connectivity index (χ2v) is 2.96. The van der Waals surface area contributed by atoms with Crippen LogP contribution in [0.2, 0.25) is 0 Å². The fourth-order valence-corrected chi connectivity index (χ4v) is 1.15. The van der Waals surface area contributed by atoms with Gasteiger partial charge in [0.25, 0.3) is 0 Å². The molecule has 0 atom stereocenters. The molecule has 2 heteroatoms. The third-order valence-electron chi connectivity index (χ3n) is 1.90. The maximum atomic E-state index is 5.58. The van der Waals surface area contributed by atoms with Crippen LogP contribution in [0.1, 0.15) is 5.56 Å². The van der Waals surface area contributed by atoms with E-state index in [9.17, 15) is 0 Å². The average Bonchev–Trinajstić information content (AvgIpc) is 2.23. The molecule has 0 aliphatic heterocycles. The van der Waals surface area contributed by atoms with Gasteiger partial charge in [-0.15, -0.1) is 0 Å². The van der Waals surface area contributed by atoms with Crippen molar-refractivity contribution in [2.75, 3.05) is 0 Å². The molecule has 1 heterocycles. The SMILES string of the molecule is Cc1ccccc1Oc1cc[c]cn1. The van der Waals surface area contributed by atoms with Gasteiger partial charge in [0.2, 0.25) is 5.88 Å². The first-order valence-electron chi connectivity index (χ1n) is 4.42. The quantitative estimate of drug-likeness (QED) is 0.715. The van der Waals surface area contributed by atoms with Crippen LogP contribution in [0.15, 0.2) is 42.6 Å². The highest BCUT2D eigenvalue weighted by Gasteiger charge is 1.99. The van der Waals surface area contributed by atoms with Crippen LogP contribution in [0.4, 0.5) is 0 Å². The van der Waals surface area contributed by atoms with Crippen molar-refractivity contribution in [2.45, 2.75) is 6.92 Å². The molecule has 14 heavy (non-hydrogen) atoms. The largest absolute Gasteiger partial charge is 0.439 e. The lowest BCUT2D eigenvalue weighted by Gasteiger charge is -2.06. The molecule has 0 bridgehead atoms. The standard InChI is InChI=1S/C12H10NO/c1-10-6-2-3-7-11(10)14-12-8-4-5-9-13-12/h2-4,6-9H,1H3.